The Labute approximate surface area is 111 Å². The summed E-state index contributed by atoms with van der Waals surface area (Å²) in [6, 6.07) is 3.03. The van der Waals surface area contributed by atoms with Crippen molar-refractivity contribution in [3.8, 4) is 0 Å². The van der Waals surface area contributed by atoms with Gasteiger partial charge in [0.1, 0.15) is 11.2 Å². The Bertz CT molecular complexity index is 509. The van der Waals surface area contributed by atoms with Crippen molar-refractivity contribution < 1.29 is 22.4 Å². The van der Waals surface area contributed by atoms with Gasteiger partial charge in [0.05, 0.1) is 5.56 Å². The van der Waals surface area contributed by atoms with E-state index in [1.807, 2.05) is 0 Å². The molecule has 7 heteroatoms. The molecule has 2 rings (SSSR count). The molecule has 0 saturated carbocycles. The molecule has 1 atom stereocenters. The van der Waals surface area contributed by atoms with Crippen LogP contribution >= 0.6 is 11.6 Å². The average Bonchev–Trinajstić information content (AvgIpc) is 2.77. The van der Waals surface area contributed by atoms with Crippen molar-refractivity contribution in [3.05, 3.63) is 34.6 Å². The molecule has 1 heterocycles. The zero-order valence-electron chi connectivity index (χ0n) is 9.65. The van der Waals surface area contributed by atoms with Crippen molar-refractivity contribution >= 4 is 17.4 Å². The highest BCUT2D eigenvalue weighted by Gasteiger charge is 2.61. The lowest BCUT2D eigenvalue weighted by Gasteiger charge is -2.29. The quantitative estimate of drug-likeness (QED) is 0.670. The molecule has 1 aliphatic rings. The van der Waals surface area contributed by atoms with Gasteiger partial charge in [-0.2, -0.15) is 13.2 Å². The number of hydrogen-bond acceptors (Lipinski definition) is 2. The van der Waals surface area contributed by atoms with Gasteiger partial charge in [-0.15, -0.1) is 0 Å². The average molecular weight is 296 g/mol. The number of halogens is 5. The van der Waals surface area contributed by atoms with Crippen LogP contribution in [0.25, 0.3) is 0 Å². The minimum Gasteiger partial charge on any atom is -0.315 e. The maximum absolute atomic E-state index is 13.6. The molecule has 0 bridgehead atoms. The standard InChI is InChI=1S/C12H10ClF4NO/c13-7-1-2-8(9(14)5-7)10(19)11(12(15,16)17)3-4-18-6-11/h1-2,5,18H,3-4,6H2. The Kier molecular flexibility index (Phi) is 3.57. The summed E-state index contributed by atoms with van der Waals surface area (Å²) < 4.78 is 53.1. The first-order valence-corrected chi connectivity index (χ1v) is 5.93. The largest absolute Gasteiger partial charge is 0.402 e. The number of nitrogens with one attached hydrogen (secondary N) is 1. The van der Waals surface area contributed by atoms with E-state index >= 15 is 0 Å². The molecular weight excluding hydrogens is 286 g/mol. The summed E-state index contributed by atoms with van der Waals surface area (Å²) in [5.41, 5.74) is -3.13. The van der Waals surface area contributed by atoms with Crippen LogP contribution in [0.3, 0.4) is 0 Å². The van der Waals surface area contributed by atoms with Gasteiger partial charge in [0.25, 0.3) is 0 Å². The van der Waals surface area contributed by atoms with E-state index in [1.165, 1.54) is 6.07 Å². The second kappa shape index (κ2) is 4.76. The van der Waals surface area contributed by atoms with Crippen molar-refractivity contribution in [3.63, 3.8) is 0 Å². The fourth-order valence-corrected chi connectivity index (χ4v) is 2.35. The number of carbonyl (C=O) groups excluding carboxylic acids is 1. The van der Waals surface area contributed by atoms with Crippen molar-refractivity contribution in [2.24, 2.45) is 5.41 Å². The van der Waals surface area contributed by atoms with E-state index in [4.69, 9.17) is 11.6 Å². The first-order valence-electron chi connectivity index (χ1n) is 5.55. The topological polar surface area (TPSA) is 29.1 Å². The van der Waals surface area contributed by atoms with E-state index in [-0.39, 0.29) is 11.6 Å². The number of rotatable bonds is 2. The maximum Gasteiger partial charge on any atom is 0.402 e. The van der Waals surface area contributed by atoms with Crippen molar-refractivity contribution in [1.82, 2.24) is 5.32 Å². The molecule has 0 aliphatic carbocycles. The van der Waals surface area contributed by atoms with Gasteiger partial charge < -0.3 is 5.32 Å². The van der Waals surface area contributed by atoms with E-state index in [0.717, 1.165) is 12.1 Å². The van der Waals surface area contributed by atoms with Crippen LogP contribution in [-0.2, 0) is 0 Å². The summed E-state index contributed by atoms with van der Waals surface area (Å²) in [6.45, 7) is -0.460. The lowest BCUT2D eigenvalue weighted by molar-refractivity contribution is -0.197. The van der Waals surface area contributed by atoms with Crippen molar-refractivity contribution in [2.45, 2.75) is 12.6 Å². The van der Waals surface area contributed by atoms with Gasteiger partial charge in [0.2, 0.25) is 0 Å². The zero-order chi connectivity index (χ0) is 14.3. The molecule has 104 valence electrons. The highest BCUT2D eigenvalue weighted by molar-refractivity contribution is 6.30. The van der Waals surface area contributed by atoms with Crippen LogP contribution in [-0.4, -0.2) is 25.0 Å². The zero-order valence-corrected chi connectivity index (χ0v) is 10.4. The third-order valence-corrected chi connectivity index (χ3v) is 3.54. The van der Waals surface area contributed by atoms with Gasteiger partial charge in [0.15, 0.2) is 5.78 Å². The lowest BCUT2D eigenvalue weighted by Crippen LogP contribution is -2.47. The van der Waals surface area contributed by atoms with Crippen LogP contribution in [0.5, 0.6) is 0 Å². The van der Waals surface area contributed by atoms with Crippen molar-refractivity contribution in [2.75, 3.05) is 13.1 Å². The molecule has 1 aromatic rings. The van der Waals surface area contributed by atoms with Crippen LogP contribution in [0.2, 0.25) is 5.02 Å². The first-order chi connectivity index (χ1) is 8.78. The second-order valence-electron chi connectivity index (χ2n) is 4.46. The van der Waals surface area contributed by atoms with E-state index in [0.29, 0.717) is 0 Å². The van der Waals surface area contributed by atoms with Gasteiger partial charge in [-0.25, -0.2) is 4.39 Å². The summed E-state index contributed by atoms with van der Waals surface area (Å²) in [5, 5.41) is 2.54. The summed E-state index contributed by atoms with van der Waals surface area (Å²) in [5.74, 6) is -2.29. The summed E-state index contributed by atoms with van der Waals surface area (Å²) in [7, 11) is 0. The molecule has 2 nitrogen and oxygen atoms in total. The molecule has 1 N–H and O–H groups in total. The lowest BCUT2D eigenvalue weighted by atomic mass is 9.78. The van der Waals surface area contributed by atoms with Crippen LogP contribution in [0.4, 0.5) is 17.6 Å². The van der Waals surface area contributed by atoms with Gasteiger partial charge in [0, 0.05) is 11.6 Å². The molecule has 1 saturated heterocycles. The van der Waals surface area contributed by atoms with Gasteiger partial charge in [-0.3, -0.25) is 4.79 Å². The highest BCUT2D eigenvalue weighted by Crippen LogP contribution is 2.45. The Morgan fingerprint density at radius 2 is 2.05 bits per heavy atom. The Hall–Kier alpha value is -1.14. The predicted octanol–water partition coefficient (Wildman–Crippen LogP) is 3.20. The third-order valence-electron chi connectivity index (χ3n) is 3.31. The normalized spacial score (nSPS) is 23.6. The van der Waals surface area contributed by atoms with Crippen LogP contribution in [0.15, 0.2) is 18.2 Å². The third kappa shape index (κ3) is 2.34. The van der Waals surface area contributed by atoms with E-state index in [1.54, 1.807) is 0 Å². The smallest absolute Gasteiger partial charge is 0.315 e. The van der Waals surface area contributed by atoms with Gasteiger partial charge in [-0.1, -0.05) is 11.6 Å². The highest BCUT2D eigenvalue weighted by atomic mass is 35.5. The molecule has 0 spiro atoms. The van der Waals surface area contributed by atoms with Crippen molar-refractivity contribution in [1.29, 1.82) is 0 Å². The Morgan fingerprint density at radius 1 is 1.37 bits per heavy atom. The van der Waals surface area contributed by atoms with Crippen LogP contribution in [0, 0.1) is 11.2 Å². The van der Waals surface area contributed by atoms with Gasteiger partial charge >= 0.3 is 6.18 Å². The molecule has 0 aromatic heterocycles. The molecule has 1 unspecified atom stereocenters. The molecular formula is C12H10ClF4NO. The number of carbonyl (C=O) groups is 1. The minimum atomic E-state index is -4.72. The minimum absolute atomic E-state index is 0.0275. The number of hydrogen-bond donors (Lipinski definition) is 1. The molecule has 1 fully saturated rings. The number of ketones is 1. The summed E-state index contributed by atoms with van der Waals surface area (Å²) in [6.07, 6.45) is -5.11. The fraction of sp³-hybridized carbons (Fsp3) is 0.417. The summed E-state index contributed by atoms with van der Waals surface area (Å²) >= 11 is 5.52. The monoisotopic (exact) mass is 295 g/mol. The second-order valence-corrected chi connectivity index (χ2v) is 4.90. The SMILES string of the molecule is O=C(c1ccc(Cl)cc1F)C1(C(F)(F)F)CCNC1. The predicted molar refractivity (Wildman–Crippen MR) is 61.7 cm³/mol. The molecule has 19 heavy (non-hydrogen) atoms. The Morgan fingerprint density at radius 3 is 2.53 bits per heavy atom. The number of alkyl halides is 3. The fourth-order valence-electron chi connectivity index (χ4n) is 2.19. The molecule has 1 aliphatic heterocycles. The number of Topliss-reactive ketones (excluding diaryl/α,β-unsaturated/α-hetero) is 1. The van der Waals surface area contributed by atoms with E-state index < -0.39 is 41.7 Å². The maximum atomic E-state index is 13.6. The molecule has 0 radical (unpaired) electrons. The molecule has 0 amide bonds. The summed E-state index contributed by atoms with van der Waals surface area (Å²) in [4.78, 5) is 12.1. The first kappa shape index (κ1) is 14.3. The number of benzene rings is 1. The van der Waals surface area contributed by atoms with E-state index in [2.05, 4.69) is 5.32 Å². The van der Waals surface area contributed by atoms with Crippen LogP contribution in [0.1, 0.15) is 16.8 Å². The molecule has 1 aromatic carbocycles. The van der Waals surface area contributed by atoms with E-state index in [9.17, 15) is 22.4 Å². The Balaban J connectivity index is 2.46. The van der Waals surface area contributed by atoms with Gasteiger partial charge in [-0.05, 0) is 31.2 Å². The van der Waals surface area contributed by atoms with Crippen LogP contribution < -0.4 is 5.32 Å².